The van der Waals surface area contributed by atoms with Crippen LogP contribution in [-0.4, -0.2) is 79.6 Å². The summed E-state index contributed by atoms with van der Waals surface area (Å²) in [7, 11) is 1.75. The van der Waals surface area contributed by atoms with E-state index in [0.717, 1.165) is 19.0 Å². The minimum atomic E-state index is -0.753. The van der Waals surface area contributed by atoms with Gasteiger partial charge in [-0.05, 0) is 45.7 Å². The van der Waals surface area contributed by atoms with E-state index in [-0.39, 0.29) is 11.9 Å². The third-order valence-corrected chi connectivity index (χ3v) is 5.30. The number of urea groups is 1. The molecule has 2 aliphatic heterocycles. The third-order valence-electron chi connectivity index (χ3n) is 5.30. The first-order valence-electron chi connectivity index (χ1n) is 9.81. The SMILES string of the molecule is CCC1(C)NC(=O)N(CCCNC(=NC)NCCN2CCCCC2)C1=O. The fraction of sp³-hybridized carbons (Fsp3) is 0.833. The van der Waals surface area contributed by atoms with Crippen LogP contribution in [0.25, 0.3) is 0 Å². The van der Waals surface area contributed by atoms with E-state index in [1.165, 1.54) is 37.3 Å². The van der Waals surface area contributed by atoms with Crippen molar-refractivity contribution in [3.8, 4) is 0 Å². The van der Waals surface area contributed by atoms with Gasteiger partial charge in [-0.15, -0.1) is 0 Å². The van der Waals surface area contributed by atoms with E-state index in [1.807, 2.05) is 6.92 Å². The Balaban J connectivity index is 1.63. The summed E-state index contributed by atoms with van der Waals surface area (Å²) in [5.74, 6) is 0.631. The fourth-order valence-electron chi connectivity index (χ4n) is 3.37. The number of amides is 3. The molecule has 2 saturated heterocycles. The Bertz CT molecular complexity index is 518. The number of carbonyl (C=O) groups is 2. The number of likely N-dealkylation sites (tertiary alicyclic amines) is 1. The van der Waals surface area contributed by atoms with Crippen molar-refractivity contribution in [1.82, 2.24) is 25.8 Å². The number of carbonyl (C=O) groups excluding carboxylic acids is 2. The minimum Gasteiger partial charge on any atom is -0.356 e. The molecule has 0 radical (unpaired) electrons. The van der Waals surface area contributed by atoms with Crippen LogP contribution in [0.1, 0.15) is 46.0 Å². The lowest BCUT2D eigenvalue weighted by molar-refractivity contribution is -0.130. The van der Waals surface area contributed by atoms with Crippen molar-refractivity contribution in [3.05, 3.63) is 0 Å². The van der Waals surface area contributed by atoms with Crippen molar-refractivity contribution in [1.29, 1.82) is 0 Å². The normalized spacial score (nSPS) is 24.7. The van der Waals surface area contributed by atoms with Gasteiger partial charge in [0.05, 0.1) is 0 Å². The van der Waals surface area contributed by atoms with Gasteiger partial charge in [0.2, 0.25) is 0 Å². The lowest BCUT2D eigenvalue weighted by atomic mass is 9.99. The summed E-state index contributed by atoms with van der Waals surface area (Å²) in [6, 6.07) is -0.289. The van der Waals surface area contributed by atoms with Crippen LogP contribution in [0.3, 0.4) is 0 Å². The van der Waals surface area contributed by atoms with E-state index in [1.54, 1.807) is 14.0 Å². The van der Waals surface area contributed by atoms with Gasteiger partial charge in [0.15, 0.2) is 5.96 Å². The molecule has 0 aromatic heterocycles. The number of nitrogens with one attached hydrogen (secondary N) is 3. The maximum Gasteiger partial charge on any atom is 0.325 e. The van der Waals surface area contributed by atoms with E-state index in [0.29, 0.717) is 25.9 Å². The first-order chi connectivity index (χ1) is 12.5. The predicted octanol–water partition coefficient (Wildman–Crippen LogP) is 0.748. The number of guanidine groups is 1. The van der Waals surface area contributed by atoms with Crippen molar-refractivity contribution in [2.24, 2.45) is 4.99 Å². The van der Waals surface area contributed by atoms with Crippen LogP contribution >= 0.6 is 0 Å². The first-order valence-corrected chi connectivity index (χ1v) is 9.81. The van der Waals surface area contributed by atoms with Gasteiger partial charge in [0.25, 0.3) is 5.91 Å². The average Bonchev–Trinajstić information content (AvgIpc) is 2.87. The molecule has 3 N–H and O–H groups in total. The largest absolute Gasteiger partial charge is 0.356 e. The van der Waals surface area contributed by atoms with Gasteiger partial charge in [0, 0.05) is 33.2 Å². The zero-order valence-corrected chi connectivity index (χ0v) is 16.4. The quantitative estimate of drug-likeness (QED) is 0.255. The Kier molecular flexibility index (Phi) is 7.68. The molecule has 0 aromatic carbocycles. The van der Waals surface area contributed by atoms with Crippen molar-refractivity contribution in [2.45, 2.75) is 51.5 Å². The second-order valence-electron chi connectivity index (χ2n) is 7.25. The van der Waals surface area contributed by atoms with Crippen LogP contribution in [-0.2, 0) is 4.79 Å². The molecule has 0 saturated carbocycles. The van der Waals surface area contributed by atoms with Crippen LogP contribution in [0.5, 0.6) is 0 Å². The standard InChI is InChI=1S/C18H34N6O2/c1-4-18(2)15(25)24(17(26)22-18)13-8-9-20-16(19-3)21-10-14-23-11-6-5-7-12-23/h4-14H2,1-3H3,(H,22,26)(H2,19,20,21). The number of nitrogens with zero attached hydrogens (tertiary/aromatic N) is 3. The molecule has 1 unspecified atom stereocenters. The summed E-state index contributed by atoms with van der Waals surface area (Å²) in [5.41, 5.74) is -0.753. The lowest BCUT2D eigenvalue weighted by Gasteiger charge is -2.26. The molecule has 2 aliphatic rings. The van der Waals surface area contributed by atoms with Gasteiger partial charge in [-0.2, -0.15) is 0 Å². The van der Waals surface area contributed by atoms with Gasteiger partial charge in [-0.3, -0.25) is 14.7 Å². The van der Waals surface area contributed by atoms with Gasteiger partial charge < -0.3 is 20.9 Å². The number of rotatable bonds is 8. The van der Waals surface area contributed by atoms with E-state index < -0.39 is 5.54 Å². The van der Waals surface area contributed by atoms with Crippen LogP contribution in [0, 0.1) is 0 Å². The van der Waals surface area contributed by atoms with Crippen molar-refractivity contribution < 1.29 is 9.59 Å². The Labute approximate surface area is 156 Å². The summed E-state index contributed by atoms with van der Waals surface area (Å²) >= 11 is 0. The van der Waals surface area contributed by atoms with E-state index in [2.05, 4.69) is 25.8 Å². The Morgan fingerprint density at radius 2 is 1.85 bits per heavy atom. The molecule has 0 aliphatic carbocycles. The molecular formula is C18H34N6O2. The number of aliphatic imine (C=N–C) groups is 1. The van der Waals surface area contributed by atoms with E-state index in [9.17, 15) is 9.59 Å². The Morgan fingerprint density at radius 1 is 1.15 bits per heavy atom. The molecule has 3 amide bonds. The van der Waals surface area contributed by atoms with Crippen molar-refractivity contribution >= 4 is 17.9 Å². The second-order valence-corrected chi connectivity index (χ2v) is 7.25. The highest BCUT2D eigenvalue weighted by atomic mass is 16.2. The summed E-state index contributed by atoms with van der Waals surface area (Å²) in [6.45, 7) is 9.02. The summed E-state index contributed by atoms with van der Waals surface area (Å²) < 4.78 is 0. The smallest absolute Gasteiger partial charge is 0.325 e. The maximum absolute atomic E-state index is 12.3. The lowest BCUT2D eigenvalue weighted by Crippen LogP contribution is -2.44. The van der Waals surface area contributed by atoms with Crippen LogP contribution in [0.2, 0.25) is 0 Å². The molecule has 0 aromatic rings. The van der Waals surface area contributed by atoms with Crippen molar-refractivity contribution in [3.63, 3.8) is 0 Å². The Morgan fingerprint density at radius 3 is 2.46 bits per heavy atom. The topological polar surface area (TPSA) is 89.1 Å². The number of imide groups is 1. The highest BCUT2D eigenvalue weighted by Gasteiger charge is 2.45. The number of hydrogen-bond donors (Lipinski definition) is 3. The van der Waals surface area contributed by atoms with Crippen LogP contribution in [0.4, 0.5) is 4.79 Å². The molecule has 1 atom stereocenters. The van der Waals surface area contributed by atoms with Crippen LogP contribution < -0.4 is 16.0 Å². The zero-order valence-electron chi connectivity index (χ0n) is 16.4. The fourth-order valence-corrected chi connectivity index (χ4v) is 3.37. The van der Waals surface area contributed by atoms with Crippen molar-refractivity contribution in [2.75, 3.05) is 46.3 Å². The average molecular weight is 367 g/mol. The molecule has 0 spiro atoms. The monoisotopic (exact) mass is 366 g/mol. The molecule has 2 fully saturated rings. The molecule has 8 heteroatoms. The highest BCUT2D eigenvalue weighted by Crippen LogP contribution is 2.20. The molecule has 26 heavy (non-hydrogen) atoms. The third kappa shape index (κ3) is 5.33. The number of hydrogen-bond acceptors (Lipinski definition) is 4. The maximum atomic E-state index is 12.3. The number of piperidine rings is 1. The van der Waals surface area contributed by atoms with Gasteiger partial charge in [-0.25, -0.2) is 4.79 Å². The van der Waals surface area contributed by atoms with Gasteiger partial charge >= 0.3 is 6.03 Å². The van der Waals surface area contributed by atoms with E-state index in [4.69, 9.17) is 0 Å². The highest BCUT2D eigenvalue weighted by molar-refractivity contribution is 6.06. The second kappa shape index (κ2) is 9.75. The predicted molar refractivity (Wildman–Crippen MR) is 103 cm³/mol. The van der Waals surface area contributed by atoms with Gasteiger partial charge in [0.1, 0.15) is 5.54 Å². The Hall–Kier alpha value is -1.83. The summed E-state index contributed by atoms with van der Waals surface area (Å²) in [4.78, 5) is 32.3. The molecule has 8 nitrogen and oxygen atoms in total. The first kappa shape index (κ1) is 20.5. The summed E-state index contributed by atoms with van der Waals surface area (Å²) in [6.07, 6.45) is 5.23. The van der Waals surface area contributed by atoms with E-state index >= 15 is 0 Å². The molecule has 148 valence electrons. The summed E-state index contributed by atoms with van der Waals surface area (Å²) in [5, 5.41) is 9.34. The van der Waals surface area contributed by atoms with Gasteiger partial charge in [-0.1, -0.05) is 13.3 Å². The molecule has 0 bridgehead atoms. The van der Waals surface area contributed by atoms with Crippen LogP contribution in [0.15, 0.2) is 4.99 Å². The molecular weight excluding hydrogens is 332 g/mol. The minimum absolute atomic E-state index is 0.131. The molecule has 2 rings (SSSR count). The molecule has 2 heterocycles. The zero-order chi connectivity index (χ0) is 19.0.